The summed E-state index contributed by atoms with van der Waals surface area (Å²) < 4.78 is 24.1. The Labute approximate surface area is 703 Å². The van der Waals surface area contributed by atoms with Gasteiger partial charge in [0.2, 0.25) is 0 Å². The molecule has 0 bridgehead atoms. The third-order valence-electron chi connectivity index (χ3n) is 23.7. The Morgan fingerprint density at radius 1 is 0.311 bits per heavy atom. The molecule has 0 aliphatic rings. The van der Waals surface area contributed by atoms with Crippen LogP contribution in [-0.2, 0) is 10.8 Å². The summed E-state index contributed by atoms with van der Waals surface area (Å²) in [5.41, 5.74) is 34.2. The number of fused-ring (bicyclic) bond motifs is 2. The predicted octanol–water partition coefficient (Wildman–Crippen LogP) is 29.4. The van der Waals surface area contributed by atoms with E-state index < -0.39 is 11.8 Å². The molecule has 0 aliphatic carbocycles. The lowest BCUT2D eigenvalue weighted by atomic mass is 9.80. The molecule has 0 aliphatic heterocycles. The Hall–Kier alpha value is -13.3. The van der Waals surface area contributed by atoms with Crippen molar-refractivity contribution in [2.75, 3.05) is 0 Å². The van der Waals surface area contributed by atoms with Crippen LogP contribution >= 0.6 is 0 Å². The van der Waals surface area contributed by atoms with E-state index in [1.54, 1.807) is 0 Å². The van der Waals surface area contributed by atoms with Crippen LogP contribution in [0.5, 0.6) is 11.5 Å². The first-order valence-electron chi connectivity index (χ1n) is 42.4. The number of nitrogens with zero attached hydrogens (tertiary/aromatic N) is 6. The zero-order valence-corrected chi connectivity index (χ0v) is 70.9. The average molecular weight is 1550 g/mol. The van der Waals surface area contributed by atoms with Crippen molar-refractivity contribution >= 4 is 22.1 Å². The molecule has 8 heteroatoms. The standard InChI is InChI=1S/C111H102N6O2/c1-66(2)94-64-84(44-46-90(94)92-32-22-24-36-98(92)110(11,12)13)116-102-38-26-34-88(104(102)114-108(116)96-54-69(6)52-71(8)106(96)118)80-56-78(57-82(60-80)100-62-76(48-50-112-100)74-28-18-17-19-29-74)73(10)86-30-20-21-31-87(86)79-58-81(61-83(59-79)101-63-77(49-51-113-101)75-42-40-68(5)41-43-75)89-35-27-39-103-105(89)115-109(97-55-70(7)53-72(9)107(97)119)117(103)85-45-47-91(95(65-85)67(3)4)93-33-23-25-37-99(93)111(14,15)16/h17-67,73,118-119H,1-16H3/i66D,67D. The third kappa shape index (κ3) is 15.0. The molecule has 0 spiro atoms. The van der Waals surface area contributed by atoms with Crippen LogP contribution in [0.2, 0.25) is 0 Å². The van der Waals surface area contributed by atoms with Crippen LogP contribution in [0.4, 0.5) is 0 Å². The molecule has 588 valence electrons. The summed E-state index contributed by atoms with van der Waals surface area (Å²) in [6.45, 7) is 33.7. The maximum absolute atomic E-state index is 12.4. The van der Waals surface area contributed by atoms with Crippen LogP contribution in [0.1, 0.15) is 158 Å². The second-order valence-corrected chi connectivity index (χ2v) is 34.9. The molecule has 0 saturated carbocycles. The molecule has 8 nitrogen and oxygen atoms in total. The van der Waals surface area contributed by atoms with E-state index in [4.69, 9.17) is 19.9 Å². The molecule has 17 rings (SSSR count). The van der Waals surface area contributed by atoms with Gasteiger partial charge < -0.3 is 10.2 Å². The minimum Gasteiger partial charge on any atom is -0.507 e. The van der Waals surface area contributed by atoms with Crippen LogP contribution in [0.15, 0.2) is 298 Å². The van der Waals surface area contributed by atoms with Gasteiger partial charge in [-0.15, -0.1) is 0 Å². The normalized spacial score (nSPS) is 12.6. The van der Waals surface area contributed by atoms with Gasteiger partial charge in [0, 0.05) is 54.7 Å². The SMILES string of the molecule is [2H]C(C)(C)c1cc(-n2c(-c3cc(C)cc(C)c3O)nc3c(-c4cc(-c5cc(-c6ccc(C)cc6)ccn5)cc(-c5ccccc5C(C)c5cc(-c6cc(-c7ccccc7)ccn6)cc(-c6cccc7c6nc(-c6cc(C)cc(C)c6O)n7-c6ccc(-c7ccccc7C(C)(C)C)c(C([2H])(C)C)c6)c5)c4)cccc32)ccc1-c1ccccc1C(C)(C)C. The van der Waals surface area contributed by atoms with Crippen molar-refractivity contribution in [1.82, 2.24) is 29.1 Å². The summed E-state index contributed by atoms with van der Waals surface area (Å²) in [7, 11) is 0. The largest absolute Gasteiger partial charge is 0.507 e. The zero-order chi connectivity index (χ0) is 84.9. The number of hydrogen-bond acceptors (Lipinski definition) is 6. The van der Waals surface area contributed by atoms with E-state index in [1.165, 1.54) is 16.7 Å². The van der Waals surface area contributed by atoms with Crippen molar-refractivity contribution in [3.63, 3.8) is 0 Å². The number of hydrogen-bond donors (Lipinski definition) is 2. The van der Waals surface area contributed by atoms with Gasteiger partial charge in [0.15, 0.2) is 0 Å². The first-order chi connectivity index (χ1) is 57.8. The fourth-order valence-electron chi connectivity index (χ4n) is 17.7. The van der Waals surface area contributed by atoms with Crippen LogP contribution in [0.3, 0.4) is 0 Å². The lowest BCUT2D eigenvalue weighted by molar-refractivity contribution is 0.472. The number of phenols is 2. The number of rotatable bonds is 17. The molecular weight excluding hydrogens is 1450 g/mol. The van der Waals surface area contributed by atoms with Crippen LogP contribution in [0, 0.1) is 34.6 Å². The molecule has 0 saturated heterocycles. The highest BCUT2D eigenvalue weighted by molar-refractivity contribution is 6.00. The summed E-state index contributed by atoms with van der Waals surface area (Å²) in [5, 5.41) is 24.7. The average Bonchev–Trinajstić information content (AvgIpc) is 1.62. The van der Waals surface area contributed by atoms with Crippen molar-refractivity contribution in [3.8, 4) is 146 Å². The number of aromatic nitrogens is 6. The minimum absolute atomic E-state index is 0.154. The fraction of sp³-hybridized carbons (Fsp3) is 0.189. The molecule has 0 fully saturated rings. The van der Waals surface area contributed by atoms with Crippen molar-refractivity contribution in [2.45, 2.75) is 139 Å². The summed E-state index contributed by atoms with van der Waals surface area (Å²) in [4.78, 5) is 21.9. The van der Waals surface area contributed by atoms with E-state index in [0.717, 1.165) is 178 Å². The van der Waals surface area contributed by atoms with E-state index in [1.807, 2.05) is 84.3 Å². The minimum atomic E-state index is -1.02. The van der Waals surface area contributed by atoms with Crippen LogP contribution in [-0.4, -0.2) is 39.3 Å². The van der Waals surface area contributed by atoms with Crippen molar-refractivity contribution in [3.05, 3.63) is 359 Å². The molecule has 17 aromatic rings. The maximum Gasteiger partial charge on any atom is 0.149 e. The van der Waals surface area contributed by atoms with Gasteiger partial charge in [-0.1, -0.05) is 264 Å². The van der Waals surface area contributed by atoms with Crippen molar-refractivity contribution < 1.29 is 13.0 Å². The van der Waals surface area contributed by atoms with Gasteiger partial charge in [0.25, 0.3) is 0 Å². The fourth-order valence-corrected chi connectivity index (χ4v) is 17.7. The van der Waals surface area contributed by atoms with Gasteiger partial charge in [-0.2, -0.15) is 0 Å². The predicted molar refractivity (Wildman–Crippen MR) is 498 cm³/mol. The molecule has 2 N–H and O–H groups in total. The quantitative estimate of drug-likeness (QED) is 0.0942. The lowest BCUT2D eigenvalue weighted by Crippen LogP contribution is -2.13. The maximum atomic E-state index is 12.4. The van der Waals surface area contributed by atoms with Crippen LogP contribution < -0.4 is 0 Å². The summed E-state index contributed by atoms with van der Waals surface area (Å²) in [5.74, 6) is -0.819. The number of benzene rings is 13. The molecular formula is C111H102N6O2. The summed E-state index contributed by atoms with van der Waals surface area (Å²) >= 11 is 0. The Bertz CT molecular complexity index is 6920. The Kier molecular flexibility index (Phi) is 19.9. The Morgan fingerprint density at radius 3 is 1.19 bits per heavy atom. The number of pyridine rings is 2. The monoisotopic (exact) mass is 1550 g/mol. The lowest BCUT2D eigenvalue weighted by Gasteiger charge is -2.25. The number of aryl methyl sites for hydroxylation is 5. The van der Waals surface area contributed by atoms with Crippen LogP contribution in [0.25, 0.3) is 157 Å². The van der Waals surface area contributed by atoms with E-state index in [-0.39, 0.29) is 28.2 Å². The van der Waals surface area contributed by atoms with Crippen molar-refractivity contribution in [1.29, 1.82) is 0 Å². The van der Waals surface area contributed by atoms with Gasteiger partial charge in [0.05, 0.1) is 44.6 Å². The van der Waals surface area contributed by atoms with E-state index >= 15 is 0 Å². The first kappa shape index (κ1) is 75.7. The van der Waals surface area contributed by atoms with Gasteiger partial charge in [-0.05, 0) is 283 Å². The molecule has 13 aromatic carbocycles. The van der Waals surface area contributed by atoms with Gasteiger partial charge in [-0.3, -0.25) is 19.1 Å². The Morgan fingerprint density at radius 2 is 0.714 bits per heavy atom. The summed E-state index contributed by atoms with van der Waals surface area (Å²) in [6, 6.07) is 101. The smallest absolute Gasteiger partial charge is 0.149 e. The zero-order valence-electron chi connectivity index (χ0n) is 72.9. The van der Waals surface area contributed by atoms with E-state index in [0.29, 0.717) is 22.8 Å². The van der Waals surface area contributed by atoms with Gasteiger partial charge in [0.1, 0.15) is 23.1 Å². The van der Waals surface area contributed by atoms with Gasteiger partial charge in [-0.25, -0.2) is 9.97 Å². The first-order valence-corrected chi connectivity index (χ1v) is 41.4. The molecule has 119 heavy (non-hydrogen) atoms. The number of aromatic hydroxyl groups is 2. The van der Waals surface area contributed by atoms with E-state index in [9.17, 15) is 13.0 Å². The molecule has 1 atom stereocenters. The molecule has 0 amide bonds. The number of imidazole rings is 2. The molecule has 4 heterocycles. The topological polar surface area (TPSA) is 102 Å². The molecule has 1 unspecified atom stereocenters. The summed E-state index contributed by atoms with van der Waals surface area (Å²) in [6.07, 6.45) is 3.82. The highest BCUT2D eigenvalue weighted by Crippen LogP contribution is 2.49. The molecule has 0 radical (unpaired) electrons. The number of para-hydroxylation sites is 2. The number of phenolic OH excluding ortho intramolecular Hbond substituents is 2. The molecule has 4 aromatic heterocycles. The van der Waals surface area contributed by atoms with E-state index in [2.05, 4.69) is 333 Å². The second-order valence-electron chi connectivity index (χ2n) is 34.9. The van der Waals surface area contributed by atoms with Gasteiger partial charge >= 0.3 is 0 Å². The second kappa shape index (κ2) is 31.3. The highest BCUT2D eigenvalue weighted by Gasteiger charge is 2.30. The third-order valence-corrected chi connectivity index (χ3v) is 23.7. The Balaban J connectivity index is 0.874. The van der Waals surface area contributed by atoms with Crippen molar-refractivity contribution in [2.24, 2.45) is 0 Å². The highest BCUT2D eigenvalue weighted by atomic mass is 16.3.